The molecule has 1 amide bonds. The van der Waals surface area contributed by atoms with Gasteiger partial charge in [-0.25, -0.2) is 9.67 Å². The quantitative estimate of drug-likeness (QED) is 0.212. The Morgan fingerprint density at radius 3 is 2.66 bits per heavy atom. The molecule has 1 unspecified atom stereocenters. The zero-order chi connectivity index (χ0) is 24.9. The normalized spacial score (nSPS) is 12.4. The summed E-state index contributed by atoms with van der Waals surface area (Å²) >= 11 is 0. The first-order valence-corrected chi connectivity index (χ1v) is 12.0. The van der Waals surface area contributed by atoms with Crippen LogP contribution in [0, 0.1) is 0 Å². The van der Waals surface area contributed by atoms with Crippen LogP contribution < -0.4 is 5.32 Å². The maximum Gasteiger partial charge on any atom is 0.225 e. The van der Waals surface area contributed by atoms with E-state index in [2.05, 4.69) is 37.9 Å². The fraction of sp³-hybridized carbons (Fsp3) is 0.440. The Balaban J connectivity index is 1.53. The van der Waals surface area contributed by atoms with E-state index in [1.165, 1.54) is 4.68 Å². The first kappa shape index (κ1) is 26.0. The van der Waals surface area contributed by atoms with Gasteiger partial charge in [0.15, 0.2) is 12.3 Å². The van der Waals surface area contributed by atoms with E-state index in [0.717, 1.165) is 37.9 Å². The second-order valence-electron chi connectivity index (χ2n) is 8.00. The third kappa shape index (κ3) is 8.25. The van der Waals surface area contributed by atoms with Gasteiger partial charge in [0.05, 0.1) is 11.8 Å². The number of hydrogen-bond acceptors (Lipinski definition) is 8. The van der Waals surface area contributed by atoms with Crippen LogP contribution in [0.15, 0.2) is 53.7 Å². The number of oxime groups is 1. The zero-order valence-electron chi connectivity index (χ0n) is 20.6. The minimum Gasteiger partial charge on any atom is -0.389 e. The van der Waals surface area contributed by atoms with Gasteiger partial charge in [-0.3, -0.25) is 4.79 Å². The van der Waals surface area contributed by atoms with E-state index < -0.39 is 0 Å². The van der Waals surface area contributed by atoms with Gasteiger partial charge in [0.25, 0.3) is 0 Å². The van der Waals surface area contributed by atoms with Gasteiger partial charge in [0.2, 0.25) is 11.7 Å². The van der Waals surface area contributed by atoms with E-state index in [1.54, 1.807) is 13.1 Å². The highest BCUT2D eigenvalue weighted by atomic mass is 16.6. The van der Waals surface area contributed by atoms with Crippen LogP contribution in [0.2, 0.25) is 0 Å². The Morgan fingerprint density at radius 1 is 1.11 bits per heavy atom. The molecule has 0 saturated carbocycles. The maximum atomic E-state index is 12.3. The lowest BCUT2D eigenvalue weighted by molar-refractivity contribution is -0.116. The van der Waals surface area contributed by atoms with Crippen LogP contribution in [0.1, 0.15) is 63.0 Å². The van der Waals surface area contributed by atoms with Crippen molar-refractivity contribution in [3.63, 3.8) is 0 Å². The fourth-order valence-corrected chi connectivity index (χ4v) is 3.55. The summed E-state index contributed by atoms with van der Waals surface area (Å²) in [6.07, 6.45) is 4.45. The van der Waals surface area contributed by atoms with Gasteiger partial charge in [-0.15, -0.1) is 5.10 Å². The molecule has 1 N–H and O–H groups in total. The molecule has 10 nitrogen and oxygen atoms in total. The summed E-state index contributed by atoms with van der Waals surface area (Å²) in [5.74, 6) is 0.914. The molecule has 2 heterocycles. The van der Waals surface area contributed by atoms with E-state index in [0.29, 0.717) is 29.5 Å². The predicted octanol–water partition coefficient (Wildman–Crippen LogP) is 3.89. The van der Waals surface area contributed by atoms with Crippen LogP contribution >= 0.6 is 0 Å². The topological polar surface area (TPSA) is 116 Å². The Hall–Kier alpha value is -3.66. The van der Waals surface area contributed by atoms with Crippen LogP contribution in [0.5, 0.6) is 0 Å². The van der Waals surface area contributed by atoms with Gasteiger partial charge in [0, 0.05) is 25.6 Å². The van der Waals surface area contributed by atoms with Crippen LogP contribution in [-0.4, -0.2) is 49.5 Å². The Labute approximate surface area is 205 Å². The summed E-state index contributed by atoms with van der Waals surface area (Å²) in [5.41, 5.74) is 1.97. The molecule has 3 rings (SSSR count). The van der Waals surface area contributed by atoms with E-state index in [-0.39, 0.29) is 18.6 Å². The fourth-order valence-electron chi connectivity index (χ4n) is 3.55. The molecule has 0 saturated heterocycles. The number of aryl methyl sites for hydroxylation is 1. The SMILES string of the molecule is CCOC(CC)CCCCC(=O)Nc1cccc(CO/N=C(/c2ccccc2)c2nnnn2C)n1. The van der Waals surface area contributed by atoms with Crippen molar-refractivity contribution in [2.45, 2.75) is 58.7 Å². The van der Waals surface area contributed by atoms with Crippen molar-refractivity contribution in [3.8, 4) is 0 Å². The number of tetrazole rings is 1. The number of benzene rings is 1. The predicted molar refractivity (Wildman–Crippen MR) is 133 cm³/mol. The van der Waals surface area contributed by atoms with Gasteiger partial charge in [-0.2, -0.15) is 0 Å². The number of pyridine rings is 1. The molecule has 186 valence electrons. The van der Waals surface area contributed by atoms with Crippen molar-refractivity contribution < 1.29 is 14.4 Å². The molecule has 0 spiro atoms. The number of nitrogens with zero attached hydrogens (tertiary/aromatic N) is 6. The first-order chi connectivity index (χ1) is 17.1. The zero-order valence-corrected chi connectivity index (χ0v) is 20.6. The Morgan fingerprint density at radius 2 is 1.94 bits per heavy atom. The maximum absolute atomic E-state index is 12.3. The molecule has 2 aromatic heterocycles. The summed E-state index contributed by atoms with van der Waals surface area (Å²) in [5, 5.41) is 18.8. The molecule has 0 radical (unpaired) electrons. The third-order valence-corrected chi connectivity index (χ3v) is 5.36. The van der Waals surface area contributed by atoms with E-state index in [1.807, 2.05) is 49.4 Å². The number of ether oxygens (including phenoxy) is 1. The molecule has 0 aliphatic heterocycles. The van der Waals surface area contributed by atoms with Gasteiger partial charge in [0.1, 0.15) is 5.82 Å². The van der Waals surface area contributed by atoms with E-state index >= 15 is 0 Å². The summed E-state index contributed by atoms with van der Waals surface area (Å²) in [6.45, 7) is 4.98. The van der Waals surface area contributed by atoms with Crippen molar-refractivity contribution in [1.29, 1.82) is 0 Å². The largest absolute Gasteiger partial charge is 0.389 e. The van der Waals surface area contributed by atoms with Crippen LogP contribution in [0.25, 0.3) is 0 Å². The Bertz CT molecular complexity index is 1090. The number of unbranched alkanes of at least 4 members (excludes halogenated alkanes) is 1. The smallest absolute Gasteiger partial charge is 0.225 e. The average molecular weight is 480 g/mol. The number of carbonyl (C=O) groups is 1. The number of amides is 1. The molecule has 3 aromatic rings. The van der Waals surface area contributed by atoms with E-state index in [9.17, 15) is 4.79 Å². The lowest BCUT2D eigenvalue weighted by Crippen LogP contribution is -2.14. The van der Waals surface area contributed by atoms with Gasteiger partial charge >= 0.3 is 0 Å². The third-order valence-electron chi connectivity index (χ3n) is 5.36. The molecule has 0 fully saturated rings. The number of hydrogen-bond donors (Lipinski definition) is 1. The highest BCUT2D eigenvalue weighted by Gasteiger charge is 2.15. The van der Waals surface area contributed by atoms with Crippen molar-refractivity contribution in [2.24, 2.45) is 12.2 Å². The number of carbonyl (C=O) groups excluding carboxylic acids is 1. The van der Waals surface area contributed by atoms with Crippen molar-refractivity contribution in [3.05, 3.63) is 65.6 Å². The lowest BCUT2D eigenvalue weighted by Gasteiger charge is -2.14. The number of rotatable bonds is 14. The number of nitrogens with one attached hydrogen (secondary N) is 1. The molecular weight excluding hydrogens is 446 g/mol. The standard InChI is InChI=1S/C25H33N7O3/c1-4-21(34-5-2)15-9-10-17-23(33)27-22-16-11-14-20(26-22)18-35-29-24(19-12-7-6-8-13-19)25-28-30-31-32(25)3/h6-8,11-14,16,21H,4-5,9-10,15,17-18H2,1-3H3,(H,26,27,33)/b29-24-. The lowest BCUT2D eigenvalue weighted by atomic mass is 10.1. The average Bonchev–Trinajstić information content (AvgIpc) is 3.30. The molecule has 0 aliphatic carbocycles. The summed E-state index contributed by atoms with van der Waals surface area (Å²) in [4.78, 5) is 22.4. The molecule has 35 heavy (non-hydrogen) atoms. The second-order valence-corrected chi connectivity index (χ2v) is 8.00. The van der Waals surface area contributed by atoms with E-state index in [4.69, 9.17) is 9.57 Å². The molecule has 10 heteroatoms. The highest BCUT2D eigenvalue weighted by Crippen LogP contribution is 2.13. The molecule has 1 aromatic carbocycles. The van der Waals surface area contributed by atoms with Crippen LogP contribution in [0.3, 0.4) is 0 Å². The van der Waals surface area contributed by atoms with Gasteiger partial charge in [-0.05, 0) is 48.7 Å². The Kier molecular flexibility index (Phi) is 10.3. The van der Waals surface area contributed by atoms with Crippen LogP contribution in [-0.2, 0) is 28.0 Å². The van der Waals surface area contributed by atoms with Crippen molar-refractivity contribution >= 4 is 17.4 Å². The monoisotopic (exact) mass is 479 g/mol. The summed E-state index contributed by atoms with van der Waals surface area (Å²) in [6, 6.07) is 14.9. The second kappa shape index (κ2) is 13.9. The summed E-state index contributed by atoms with van der Waals surface area (Å²) < 4.78 is 7.19. The van der Waals surface area contributed by atoms with Crippen molar-refractivity contribution in [1.82, 2.24) is 25.2 Å². The molecule has 0 aliphatic rings. The molecular formula is C25H33N7O3. The number of aromatic nitrogens is 5. The minimum absolute atomic E-state index is 0.0563. The van der Waals surface area contributed by atoms with Gasteiger partial charge < -0.3 is 14.9 Å². The molecule has 1 atom stereocenters. The number of anilines is 1. The molecule has 0 bridgehead atoms. The van der Waals surface area contributed by atoms with Gasteiger partial charge in [-0.1, -0.05) is 54.9 Å². The van der Waals surface area contributed by atoms with Crippen LogP contribution in [0.4, 0.5) is 5.82 Å². The minimum atomic E-state index is -0.0563. The van der Waals surface area contributed by atoms with Crippen molar-refractivity contribution in [2.75, 3.05) is 11.9 Å². The first-order valence-electron chi connectivity index (χ1n) is 12.0. The summed E-state index contributed by atoms with van der Waals surface area (Å²) in [7, 11) is 1.74. The highest BCUT2D eigenvalue weighted by molar-refractivity contribution is 6.10.